The Morgan fingerprint density at radius 3 is 2.13 bits per heavy atom. The van der Waals surface area contributed by atoms with Crippen molar-refractivity contribution in [2.75, 3.05) is 0 Å². The Labute approximate surface area is 179 Å². The van der Waals surface area contributed by atoms with E-state index in [1.807, 2.05) is 6.07 Å². The second kappa shape index (κ2) is 6.46. The number of aromatic carboxylic acids is 1. The predicted octanol–water partition coefficient (Wildman–Crippen LogP) is 5.33. The van der Waals surface area contributed by atoms with Gasteiger partial charge in [-0.2, -0.15) is 0 Å². The molecular weight excluding hydrogens is 392 g/mol. The van der Waals surface area contributed by atoms with Crippen LogP contribution < -0.4 is 5.43 Å². The van der Waals surface area contributed by atoms with Crippen molar-refractivity contribution in [1.82, 2.24) is 0 Å². The first-order valence-electron chi connectivity index (χ1n) is 11.1. The molecule has 4 fully saturated rings. The fourth-order valence-corrected chi connectivity index (χ4v) is 7.00. The van der Waals surface area contributed by atoms with E-state index >= 15 is 0 Å². The van der Waals surface area contributed by atoms with E-state index in [9.17, 15) is 14.7 Å². The Kier molecular flexibility index (Phi) is 3.89. The number of hydrogen-bond acceptors (Lipinski definition) is 4. The van der Waals surface area contributed by atoms with Gasteiger partial charge in [0.2, 0.25) is 0 Å². The van der Waals surface area contributed by atoms with Crippen LogP contribution in [-0.4, -0.2) is 16.2 Å². The molecule has 31 heavy (non-hydrogen) atoms. The highest BCUT2D eigenvalue weighted by Gasteiger charge is 2.52. The number of fused-ring (bicyclic) bond motifs is 1. The molecule has 0 unspecified atom stereocenters. The van der Waals surface area contributed by atoms with Crippen LogP contribution >= 0.6 is 0 Å². The molecule has 0 atom stereocenters. The Morgan fingerprint density at radius 2 is 1.55 bits per heavy atom. The van der Waals surface area contributed by atoms with E-state index in [4.69, 9.17) is 9.52 Å². The molecule has 0 aliphatic heterocycles. The normalized spacial score (nSPS) is 28.8. The van der Waals surface area contributed by atoms with E-state index in [1.54, 1.807) is 12.1 Å². The smallest absolute Gasteiger partial charge is 0.335 e. The lowest BCUT2D eigenvalue weighted by atomic mass is 9.48. The minimum atomic E-state index is -0.994. The summed E-state index contributed by atoms with van der Waals surface area (Å²) in [6.45, 7) is 0. The highest BCUT2D eigenvalue weighted by Crippen LogP contribution is 2.61. The van der Waals surface area contributed by atoms with Gasteiger partial charge in [0, 0.05) is 17.2 Å². The molecule has 0 radical (unpaired) electrons. The minimum absolute atomic E-state index is 0.0343. The van der Waals surface area contributed by atoms with Gasteiger partial charge in [-0.05, 0) is 86.0 Å². The van der Waals surface area contributed by atoms with Crippen molar-refractivity contribution < 1.29 is 19.4 Å². The van der Waals surface area contributed by atoms with Crippen molar-refractivity contribution in [3.8, 4) is 17.1 Å². The van der Waals surface area contributed by atoms with Crippen molar-refractivity contribution in [3.63, 3.8) is 0 Å². The molecule has 3 aromatic rings. The summed E-state index contributed by atoms with van der Waals surface area (Å²) in [5.41, 5.74) is 2.17. The number of carboxylic acid groups (broad SMARTS) is 1. The zero-order chi connectivity index (χ0) is 21.3. The zero-order valence-corrected chi connectivity index (χ0v) is 17.1. The first-order valence-corrected chi connectivity index (χ1v) is 11.1. The molecule has 5 heteroatoms. The van der Waals surface area contributed by atoms with Crippen LogP contribution in [0.5, 0.6) is 5.75 Å². The van der Waals surface area contributed by atoms with Crippen LogP contribution in [0.4, 0.5) is 0 Å². The van der Waals surface area contributed by atoms with Crippen molar-refractivity contribution in [2.45, 2.75) is 43.9 Å². The molecule has 1 aromatic heterocycles. The lowest BCUT2D eigenvalue weighted by Gasteiger charge is -2.57. The first-order chi connectivity index (χ1) is 14.9. The Balaban J connectivity index is 1.54. The number of phenols is 1. The first kappa shape index (κ1) is 18.7. The maximum absolute atomic E-state index is 13.0. The summed E-state index contributed by atoms with van der Waals surface area (Å²) in [5, 5.41) is 20.0. The van der Waals surface area contributed by atoms with Crippen LogP contribution in [0.1, 0.15) is 54.4 Å². The molecule has 158 valence electrons. The van der Waals surface area contributed by atoms with Crippen molar-refractivity contribution in [1.29, 1.82) is 0 Å². The summed E-state index contributed by atoms with van der Waals surface area (Å²) in [7, 11) is 0. The van der Waals surface area contributed by atoms with Gasteiger partial charge in [-0.15, -0.1) is 0 Å². The van der Waals surface area contributed by atoms with E-state index in [-0.39, 0.29) is 22.2 Å². The lowest BCUT2D eigenvalue weighted by molar-refractivity contribution is -0.00497. The van der Waals surface area contributed by atoms with Gasteiger partial charge in [0.15, 0.2) is 5.43 Å². The van der Waals surface area contributed by atoms with Crippen LogP contribution in [0, 0.1) is 17.8 Å². The second-order valence-electron chi connectivity index (χ2n) is 9.93. The van der Waals surface area contributed by atoms with Crippen LogP contribution in [-0.2, 0) is 5.41 Å². The Morgan fingerprint density at radius 1 is 0.935 bits per heavy atom. The van der Waals surface area contributed by atoms with Gasteiger partial charge in [-0.3, -0.25) is 4.79 Å². The summed E-state index contributed by atoms with van der Waals surface area (Å²) < 4.78 is 6.35. The fourth-order valence-electron chi connectivity index (χ4n) is 7.00. The number of phenolic OH excluding ortho intramolecular Hbond substituents is 1. The van der Waals surface area contributed by atoms with E-state index in [0.717, 1.165) is 42.6 Å². The third-order valence-corrected chi connectivity index (χ3v) is 7.84. The number of hydrogen-bond donors (Lipinski definition) is 2. The summed E-state index contributed by atoms with van der Waals surface area (Å²) >= 11 is 0. The molecule has 5 nitrogen and oxygen atoms in total. The molecular formula is C26H24O5. The predicted molar refractivity (Wildman–Crippen MR) is 116 cm³/mol. The molecule has 2 aromatic carbocycles. The summed E-state index contributed by atoms with van der Waals surface area (Å²) in [4.78, 5) is 24.2. The lowest BCUT2D eigenvalue weighted by Crippen LogP contribution is -2.48. The number of benzene rings is 2. The number of rotatable bonds is 3. The molecule has 0 saturated heterocycles. The van der Waals surface area contributed by atoms with Gasteiger partial charge in [-0.1, -0.05) is 12.1 Å². The maximum Gasteiger partial charge on any atom is 0.335 e. The quantitative estimate of drug-likeness (QED) is 0.602. The Hall–Kier alpha value is -3.08. The highest BCUT2D eigenvalue weighted by atomic mass is 16.4. The van der Waals surface area contributed by atoms with Gasteiger partial charge in [0.1, 0.15) is 17.1 Å². The van der Waals surface area contributed by atoms with Crippen molar-refractivity contribution in [2.24, 2.45) is 17.8 Å². The van der Waals surface area contributed by atoms with Gasteiger partial charge in [0.25, 0.3) is 0 Å². The third-order valence-electron chi connectivity index (χ3n) is 7.84. The van der Waals surface area contributed by atoms with E-state index < -0.39 is 5.97 Å². The number of aromatic hydroxyl groups is 1. The standard InChI is InChI=1S/C26H24O5/c27-19-8-20-22(28)10-23(17-1-3-18(4-2-17)25(29)30)31-24(20)21(9-19)26-11-14-5-15(12-26)7-16(6-14)13-26/h1-4,8-10,14-16,27H,5-7,11-13H2,(H,29,30). The molecule has 4 saturated carbocycles. The second-order valence-corrected chi connectivity index (χ2v) is 9.93. The minimum Gasteiger partial charge on any atom is -0.508 e. The molecule has 4 aliphatic rings. The average Bonchev–Trinajstić information content (AvgIpc) is 2.73. The van der Waals surface area contributed by atoms with Crippen LogP contribution in [0.15, 0.2) is 51.7 Å². The molecule has 2 N–H and O–H groups in total. The monoisotopic (exact) mass is 416 g/mol. The molecule has 4 bridgehead atoms. The molecule has 1 heterocycles. The maximum atomic E-state index is 13.0. The summed E-state index contributed by atoms with van der Waals surface area (Å²) in [6, 6.07) is 11.1. The number of carbonyl (C=O) groups is 1. The molecule has 4 aliphatic carbocycles. The highest BCUT2D eigenvalue weighted by molar-refractivity contribution is 5.88. The SMILES string of the molecule is O=C(O)c1ccc(-c2cc(=O)c3cc(O)cc(C45CC6CC(CC(C6)C4)C5)c3o2)cc1. The summed E-state index contributed by atoms with van der Waals surface area (Å²) in [5.74, 6) is 1.72. The largest absolute Gasteiger partial charge is 0.508 e. The summed E-state index contributed by atoms with van der Waals surface area (Å²) in [6.07, 6.45) is 7.21. The number of carboxylic acids is 1. The molecule has 0 spiro atoms. The molecule has 7 rings (SSSR count). The third kappa shape index (κ3) is 2.90. The van der Waals surface area contributed by atoms with Crippen LogP contribution in [0.25, 0.3) is 22.3 Å². The van der Waals surface area contributed by atoms with E-state index in [1.165, 1.54) is 43.5 Å². The van der Waals surface area contributed by atoms with Gasteiger partial charge >= 0.3 is 5.97 Å². The van der Waals surface area contributed by atoms with E-state index in [2.05, 4.69) is 0 Å². The van der Waals surface area contributed by atoms with Crippen molar-refractivity contribution >= 4 is 16.9 Å². The van der Waals surface area contributed by atoms with Gasteiger partial charge in [0.05, 0.1) is 10.9 Å². The topological polar surface area (TPSA) is 87.7 Å². The van der Waals surface area contributed by atoms with E-state index in [0.29, 0.717) is 22.3 Å². The van der Waals surface area contributed by atoms with Gasteiger partial charge < -0.3 is 14.6 Å². The van der Waals surface area contributed by atoms with Crippen molar-refractivity contribution in [3.05, 3.63) is 63.8 Å². The Bertz CT molecular complexity index is 1230. The van der Waals surface area contributed by atoms with Crippen LogP contribution in [0.2, 0.25) is 0 Å². The van der Waals surface area contributed by atoms with Gasteiger partial charge in [-0.25, -0.2) is 4.79 Å². The average molecular weight is 416 g/mol. The fraction of sp³-hybridized carbons (Fsp3) is 0.385. The van der Waals surface area contributed by atoms with Crippen LogP contribution in [0.3, 0.4) is 0 Å². The zero-order valence-electron chi connectivity index (χ0n) is 17.1. The molecule has 0 amide bonds.